The van der Waals surface area contributed by atoms with Crippen LogP contribution in [0.2, 0.25) is 5.82 Å². The quantitative estimate of drug-likeness (QED) is 0.112. The van der Waals surface area contributed by atoms with E-state index in [-0.39, 0.29) is 34.6 Å². The topological polar surface area (TPSA) is 121 Å². The Labute approximate surface area is 242 Å². The van der Waals surface area contributed by atoms with Gasteiger partial charge in [0.2, 0.25) is 7.28 Å². The molecule has 2 aliphatic rings. The number of nitrogens with one attached hydrogen (secondary N) is 1. The van der Waals surface area contributed by atoms with E-state index >= 15 is 0 Å². The molecule has 209 valence electrons. The van der Waals surface area contributed by atoms with Gasteiger partial charge in [-0.05, 0) is 63.4 Å². The van der Waals surface area contributed by atoms with Gasteiger partial charge in [0.15, 0.2) is 0 Å². The van der Waals surface area contributed by atoms with E-state index in [0.717, 1.165) is 51.4 Å². The largest absolute Gasteiger partial charge is 0.478 e. The van der Waals surface area contributed by atoms with Crippen LogP contribution in [-0.4, -0.2) is 47.1 Å². The highest BCUT2D eigenvalue weighted by molar-refractivity contribution is 6.79. The van der Waals surface area contributed by atoms with Crippen LogP contribution in [-0.2, 0) is 0 Å². The third-order valence-electron chi connectivity index (χ3n) is 9.35. The molecule has 7 nitrogen and oxygen atoms in total. The average molecular weight is 558 g/mol. The summed E-state index contributed by atoms with van der Waals surface area (Å²) >= 11 is 0. The summed E-state index contributed by atoms with van der Waals surface area (Å²) in [5.74, 6) is -2.36. The molecule has 0 saturated heterocycles. The number of amides is 1. The Hall–Kier alpha value is -4.46. The zero-order valence-electron chi connectivity index (χ0n) is 23.0. The number of aromatic carboxylic acids is 2. The van der Waals surface area contributed by atoms with Crippen LogP contribution in [0.4, 0.5) is 0 Å². The normalized spacial score (nSPS) is 16.2. The standard InChI is InChI=1S/C34H29BNO6/c37-31(35-17-5-1-2-6-17)23-13-9-19-22-12-16-26(34(41)42)30-24(32(38)36-18-7-3-4-8-18)14-10-20(28(22)30)21-11-15-25(33(39)40)29(23)27(19)21/h9-18H,1-8H2,(H,36,38)(H,39,40)(H,41,42). The first kappa shape index (κ1) is 26.4. The van der Waals surface area contributed by atoms with E-state index in [1.807, 2.05) is 12.1 Å². The third-order valence-corrected chi connectivity index (χ3v) is 9.35. The minimum Gasteiger partial charge on any atom is -0.478 e. The molecule has 1 amide bonds. The van der Waals surface area contributed by atoms with Crippen LogP contribution in [0, 0.1) is 0 Å². The van der Waals surface area contributed by atoms with Crippen molar-refractivity contribution in [2.45, 2.75) is 63.2 Å². The van der Waals surface area contributed by atoms with E-state index in [2.05, 4.69) is 5.32 Å². The smallest absolute Gasteiger partial charge is 0.336 e. The Bertz CT molecular complexity index is 1790. The fourth-order valence-electron chi connectivity index (χ4n) is 7.40. The molecule has 3 N–H and O–H groups in total. The fraction of sp³-hybridized carbons (Fsp3) is 0.294. The van der Waals surface area contributed by atoms with Gasteiger partial charge in [0.25, 0.3) is 5.91 Å². The van der Waals surface area contributed by atoms with E-state index in [1.165, 1.54) is 12.1 Å². The lowest BCUT2D eigenvalue weighted by molar-refractivity contribution is 0.0688. The lowest BCUT2D eigenvalue weighted by Gasteiger charge is -2.20. The summed E-state index contributed by atoms with van der Waals surface area (Å²) in [4.78, 5) is 52.0. The molecule has 5 aromatic rings. The van der Waals surface area contributed by atoms with Crippen molar-refractivity contribution in [3.8, 4) is 0 Å². The van der Waals surface area contributed by atoms with Crippen LogP contribution >= 0.6 is 0 Å². The monoisotopic (exact) mass is 558 g/mol. The number of hydrogen-bond donors (Lipinski definition) is 3. The molecule has 0 bridgehead atoms. The summed E-state index contributed by atoms with van der Waals surface area (Å²) in [7, 11) is 1.74. The zero-order valence-corrected chi connectivity index (χ0v) is 23.0. The maximum absolute atomic E-state index is 13.6. The van der Waals surface area contributed by atoms with Crippen molar-refractivity contribution >= 4 is 73.9 Å². The molecule has 2 aliphatic carbocycles. The maximum atomic E-state index is 13.6. The average Bonchev–Trinajstić information content (AvgIpc) is 3.69. The molecular formula is C34H29BNO6. The second kappa shape index (κ2) is 10.1. The number of benzene rings is 5. The lowest BCUT2D eigenvalue weighted by Crippen LogP contribution is -2.32. The van der Waals surface area contributed by atoms with Crippen molar-refractivity contribution in [2.75, 3.05) is 0 Å². The molecule has 0 atom stereocenters. The van der Waals surface area contributed by atoms with Gasteiger partial charge in [0, 0.05) is 27.9 Å². The Kier molecular flexibility index (Phi) is 6.37. The summed E-state index contributed by atoms with van der Waals surface area (Å²) in [6.07, 6.45) is 7.98. The Balaban J connectivity index is 1.53. The fourth-order valence-corrected chi connectivity index (χ4v) is 7.40. The van der Waals surface area contributed by atoms with Crippen molar-refractivity contribution < 1.29 is 29.4 Å². The molecule has 0 aromatic heterocycles. The van der Waals surface area contributed by atoms with Crippen LogP contribution in [0.1, 0.15) is 92.8 Å². The molecular weight excluding hydrogens is 529 g/mol. The van der Waals surface area contributed by atoms with Gasteiger partial charge < -0.3 is 20.3 Å². The van der Waals surface area contributed by atoms with Crippen molar-refractivity contribution in [3.05, 3.63) is 70.8 Å². The van der Waals surface area contributed by atoms with Crippen LogP contribution in [0.5, 0.6) is 0 Å². The predicted molar refractivity (Wildman–Crippen MR) is 164 cm³/mol. The van der Waals surface area contributed by atoms with E-state index in [4.69, 9.17) is 0 Å². The van der Waals surface area contributed by atoms with Gasteiger partial charge in [-0.1, -0.05) is 74.7 Å². The first-order valence-electron chi connectivity index (χ1n) is 14.7. The lowest BCUT2D eigenvalue weighted by atomic mass is 9.58. The maximum Gasteiger partial charge on any atom is 0.336 e. The van der Waals surface area contributed by atoms with E-state index in [1.54, 1.807) is 31.5 Å². The molecule has 2 fully saturated rings. The summed E-state index contributed by atoms with van der Waals surface area (Å²) in [5.41, 5.74) is 0.568. The van der Waals surface area contributed by atoms with Gasteiger partial charge in [0.05, 0.1) is 11.1 Å². The van der Waals surface area contributed by atoms with E-state index in [9.17, 15) is 29.4 Å². The van der Waals surface area contributed by atoms with Gasteiger partial charge in [-0.15, -0.1) is 0 Å². The Morgan fingerprint density at radius 1 is 0.571 bits per heavy atom. The summed E-state index contributed by atoms with van der Waals surface area (Å²) in [6.45, 7) is 0. The first-order valence-corrected chi connectivity index (χ1v) is 14.7. The summed E-state index contributed by atoms with van der Waals surface area (Å²) < 4.78 is 0. The van der Waals surface area contributed by atoms with Crippen molar-refractivity contribution in [3.63, 3.8) is 0 Å². The van der Waals surface area contributed by atoms with Gasteiger partial charge in [0.1, 0.15) is 5.68 Å². The van der Waals surface area contributed by atoms with Gasteiger partial charge in [-0.3, -0.25) is 4.79 Å². The number of carbonyl (C=O) groups is 4. The summed E-state index contributed by atoms with van der Waals surface area (Å²) in [6, 6.07) is 13.6. The molecule has 42 heavy (non-hydrogen) atoms. The molecule has 8 heteroatoms. The third kappa shape index (κ3) is 4.11. The molecule has 5 aromatic carbocycles. The SMILES string of the molecule is O=C(O)c1ccc2c3ccc(C(=O)NC4CCCC4)c4c(C(=O)O)ccc(c5ccc(C(=O)[B]C6CCCC6)c1c52)c43. The van der Waals surface area contributed by atoms with E-state index in [0.29, 0.717) is 54.2 Å². The van der Waals surface area contributed by atoms with Crippen molar-refractivity contribution in [1.29, 1.82) is 0 Å². The van der Waals surface area contributed by atoms with Gasteiger partial charge >= 0.3 is 11.9 Å². The number of carboxylic acid groups (broad SMARTS) is 2. The molecule has 0 aliphatic heterocycles. The van der Waals surface area contributed by atoms with Crippen molar-refractivity contribution in [1.82, 2.24) is 5.32 Å². The molecule has 7 rings (SSSR count). The molecule has 2 saturated carbocycles. The number of carboxylic acids is 2. The highest BCUT2D eigenvalue weighted by Crippen LogP contribution is 2.44. The van der Waals surface area contributed by atoms with Gasteiger partial charge in [-0.2, -0.15) is 0 Å². The van der Waals surface area contributed by atoms with Crippen LogP contribution in [0.3, 0.4) is 0 Å². The van der Waals surface area contributed by atoms with Crippen LogP contribution in [0.15, 0.2) is 48.5 Å². The van der Waals surface area contributed by atoms with Crippen LogP contribution in [0.25, 0.3) is 43.1 Å². The van der Waals surface area contributed by atoms with Crippen LogP contribution < -0.4 is 5.32 Å². The minimum atomic E-state index is -1.13. The number of carbonyl (C=O) groups excluding carboxylic acids is 2. The second-order valence-electron chi connectivity index (χ2n) is 11.8. The second-order valence-corrected chi connectivity index (χ2v) is 11.8. The number of fused-ring (bicyclic) bond motifs is 2. The highest BCUT2D eigenvalue weighted by Gasteiger charge is 2.28. The van der Waals surface area contributed by atoms with Crippen molar-refractivity contribution in [2.24, 2.45) is 0 Å². The number of rotatable bonds is 7. The first-order chi connectivity index (χ1) is 20.3. The Morgan fingerprint density at radius 3 is 1.50 bits per heavy atom. The predicted octanol–water partition coefficient (Wildman–Crippen LogP) is 7.01. The molecule has 0 unspecified atom stereocenters. The van der Waals surface area contributed by atoms with E-state index < -0.39 is 11.9 Å². The highest BCUT2D eigenvalue weighted by atomic mass is 16.4. The zero-order chi connectivity index (χ0) is 29.1. The Morgan fingerprint density at radius 2 is 1.00 bits per heavy atom. The molecule has 0 spiro atoms. The minimum absolute atomic E-state index is 0.0342. The van der Waals surface area contributed by atoms with Gasteiger partial charge in [-0.25, -0.2) is 9.59 Å². The molecule has 0 heterocycles. The molecule has 1 radical (unpaired) electrons. The summed E-state index contributed by atoms with van der Waals surface area (Å²) in [5, 5.41) is 28.3. The number of hydrogen-bond acceptors (Lipinski definition) is 4.